The number of hydrogen-bond acceptors (Lipinski definition) is 28. The number of nitrogens with one attached hydrogen (secondary N) is 2. The summed E-state index contributed by atoms with van der Waals surface area (Å²) in [6.07, 6.45) is -8.56. The molecule has 2 aromatic carbocycles. The molecule has 30 heteroatoms. The van der Waals surface area contributed by atoms with Crippen LogP contribution >= 0.6 is 0 Å². The van der Waals surface area contributed by atoms with Gasteiger partial charge in [-0.3, -0.25) is 29.0 Å². The van der Waals surface area contributed by atoms with Gasteiger partial charge in [-0.25, -0.2) is 4.79 Å². The number of alkyl carbamates (subject to hydrolysis) is 1. The molecule has 108 heavy (non-hydrogen) atoms. The monoisotopic (exact) mass is 1530 g/mol. The lowest BCUT2D eigenvalue weighted by molar-refractivity contribution is -0.319. The number of benzene rings is 2. The third kappa shape index (κ3) is 18.3. The van der Waals surface area contributed by atoms with Crippen LogP contribution in [0.3, 0.4) is 0 Å². The van der Waals surface area contributed by atoms with Crippen molar-refractivity contribution >= 4 is 63.9 Å². The molecule has 2 aromatic rings. The number of ketones is 2. The zero-order valence-corrected chi connectivity index (χ0v) is 66.6. The van der Waals surface area contributed by atoms with E-state index in [1.165, 1.54) is 81.1 Å². The van der Waals surface area contributed by atoms with Gasteiger partial charge in [0.1, 0.15) is 58.2 Å². The summed E-state index contributed by atoms with van der Waals surface area (Å²) >= 11 is 0. The van der Waals surface area contributed by atoms with Crippen LogP contribution in [0.2, 0.25) is 0 Å². The predicted octanol–water partition coefficient (Wildman–Crippen LogP) is 7.64. The number of fused-ring (bicyclic) bond motifs is 14. The molecule has 0 spiro atoms. The van der Waals surface area contributed by atoms with E-state index in [1.54, 1.807) is 82.2 Å². The number of aliphatic hydroxyl groups is 5. The number of likely N-dealkylation sites (N-methyl/N-ethyl adjacent to an activating group) is 1. The molecule has 0 aromatic heterocycles. The minimum atomic E-state index is -2.22. The Bertz CT molecular complexity index is 3690. The third-order valence-electron chi connectivity index (χ3n) is 23.0. The molecule has 5 bridgehead atoms. The predicted molar refractivity (Wildman–Crippen MR) is 395 cm³/mol. The van der Waals surface area contributed by atoms with E-state index >= 15 is 0 Å². The number of hydrogen-bond donors (Lipinski definition) is 10. The fraction of sp³-hybridized carbons (Fsp3) is 0.705. The summed E-state index contributed by atoms with van der Waals surface area (Å²) in [6.45, 7) is 27.9. The SMILES string of the molecule is CC[C@H]1OC(=O)[C@H](C)[C@@H](O[C@H]2C[C@@](C)(OC)[C@@H](OC(=O)NCC=Nc3c4c(O)c5c(O)c(C)c6c(c5c3O)C(=O)[C@@](C)(OC=C[C@H](OC)[C@@H](C)[C@@H](OC(C)=O)[C@H](C)[C@H](O)[C@H](C)[C@@H](O)[C@@H](C)C=CC=C(C)C(=O)N4)O6)[C@H](C)O2)[C@H](C)[C@@H](O[C@@H]2O[C@H](C)C[C@H](N(C)C)[C@H]2O)[C@](C)(OC)C[C@@H](C)C(=O)[C@H](C)[C@@H](O)[C@]1(C)O. The molecule has 6 aliphatic rings. The molecule has 0 saturated carbocycles. The number of esters is 2. The number of anilines is 1. The first-order valence-electron chi connectivity index (χ1n) is 37.1. The number of carbonyl (C=O) groups is 6. The molecule has 6 heterocycles. The van der Waals surface area contributed by atoms with E-state index in [2.05, 4.69) is 15.6 Å². The second kappa shape index (κ2) is 35.6. The number of rotatable bonds is 14. The van der Waals surface area contributed by atoms with Gasteiger partial charge in [-0.15, -0.1) is 0 Å². The minimum Gasteiger partial charge on any atom is -0.507 e. The topological polar surface area (TPSA) is 415 Å². The Labute approximate surface area is 632 Å². The van der Waals surface area contributed by atoms with Gasteiger partial charge < -0.3 is 113 Å². The highest BCUT2D eigenvalue weighted by molar-refractivity contribution is 6.23. The molecule has 27 atom stereocenters. The summed E-state index contributed by atoms with van der Waals surface area (Å²) in [5.74, 6) is -15.5. The van der Waals surface area contributed by atoms with E-state index < -0.39 is 237 Å². The highest BCUT2D eigenvalue weighted by Crippen LogP contribution is 2.58. The van der Waals surface area contributed by atoms with Crippen molar-refractivity contribution in [3.8, 4) is 23.0 Å². The van der Waals surface area contributed by atoms with E-state index in [4.69, 9.17) is 56.8 Å². The molecule has 0 unspecified atom stereocenters. The normalized spacial score (nSPS) is 38.7. The summed E-state index contributed by atoms with van der Waals surface area (Å²) in [4.78, 5) is 91.3. The number of amides is 2. The van der Waals surface area contributed by atoms with Gasteiger partial charge in [0, 0.05) is 112 Å². The maximum atomic E-state index is 14.9. The molecule has 30 nitrogen and oxygen atoms in total. The molecule has 2 amide bonds. The summed E-state index contributed by atoms with van der Waals surface area (Å²) < 4.78 is 75.4. The van der Waals surface area contributed by atoms with Gasteiger partial charge in [0.25, 0.3) is 11.7 Å². The van der Waals surface area contributed by atoms with Crippen molar-refractivity contribution in [1.82, 2.24) is 10.2 Å². The second-order valence-corrected chi connectivity index (χ2v) is 31.3. The maximum absolute atomic E-state index is 14.9. The smallest absolute Gasteiger partial charge is 0.407 e. The lowest BCUT2D eigenvalue weighted by atomic mass is 9.74. The average molecular weight is 1530 g/mol. The van der Waals surface area contributed by atoms with Crippen LogP contribution in [0.1, 0.15) is 159 Å². The van der Waals surface area contributed by atoms with Crippen molar-refractivity contribution in [3.63, 3.8) is 0 Å². The Kier molecular flexibility index (Phi) is 29.1. The van der Waals surface area contributed by atoms with E-state index in [9.17, 15) is 69.6 Å². The molecular formula is C78H118N4O26. The van der Waals surface area contributed by atoms with E-state index in [1.807, 2.05) is 25.9 Å². The number of nitrogens with zero attached hydrogens (tertiary/aromatic N) is 2. The van der Waals surface area contributed by atoms with Crippen molar-refractivity contribution in [1.29, 1.82) is 0 Å². The number of aromatic hydroxyl groups is 3. The lowest BCUT2D eigenvalue weighted by Gasteiger charge is -2.50. The zero-order valence-electron chi connectivity index (χ0n) is 66.6. The number of allylic oxidation sites excluding steroid dienone is 2. The van der Waals surface area contributed by atoms with Crippen molar-refractivity contribution in [2.75, 3.05) is 47.3 Å². The summed E-state index contributed by atoms with van der Waals surface area (Å²) in [7, 11) is 7.88. The van der Waals surface area contributed by atoms with Crippen LogP contribution in [-0.2, 0) is 71.3 Å². The van der Waals surface area contributed by atoms with Crippen LogP contribution in [0.4, 0.5) is 16.2 Å². The van der Waals surface area contributed by atoms with Gasteiger partial charge in [0.05, 0.1) is 84.1 Å². The first-order chi connectivity index (χ1) is 50.3. The number of ether oxygens (including phenoxy) is 12. The fourth-order valence-corrected chi connectivity index (χ4v) is 16.0. The quantitative estimate of drug-likeness (QED) is 0.0285. The number of aliphatic imine (C=N–C) groups is 1. The first kappa shape index (κ1) is 88.3. The fourth-order valence-electron chi connectivity index (χ4n) is 16.0. The highest BCUT2D eigenvalue weighted by atomic mass is 16.7. The van der Waals surface area contributed by atoms with Crippen molar-refractivity contribution in [3.05, 3.63) is 47.3 Å². The molecule has 3 saturated heterocycles. The Morgan fingerprint density at radius 2 is 1.40 bits per heavy atom. The van der Waals surface area contributed by atoms with Gasteiger partial charge in [-0.1, -0.05) is 73.6 Å². The molecule has 3 fully saturated rings. The van der Waals surface area contributed by atoms with Crippen LogP contribution in [0, 0.1) is 54.3 Å². The van der Waals surface area contributed by atoms with Crippen LogP contribution in [0.25, 0.3) is 10.8 Å². The van der Waals surface area contributed by atoms with E-state index in [0.717, 1.165) is 12.5 Å². The molecule has 10 N–H and O–H groups in total. The molecule has 6 aliphatic heterocycles. The summed E-state index contributed by atoms with van der Waals surface area (Å²) in [5.41, 5.74) is -6.49. The van der Waals surface area contributed by atoms with Gasteiger partial charge in [0.15, 0.2) is 30.2 Å². The number of phenols is 3. The highest BCUT2D eigenvalue weighted by Gasteiger charge is 2.56. The van der Waals surface area contributed by atoms with Gasteiger partial charge in [-0.2, -0.15) is 0 Å². The Balaban J connectivity index is 1.22. The van der Waals surface area contributed by atoms with Crippen LogP contribution < -0.4 is 15.4 Å². The number of methoxy groups -OCH3 is 3. The lowest BCUT2D eigenvalue weighted by Crippen LogP contribution is -2.62. The summed E-state index contributed by atoms with van der Waals surface area (Å²) in [5, 5.41) is 99.9. The molecule has 606 valence electrons. The van der Waals surface area contributed by atoms with E-state index in [0.29, 0.717) is 6.42 Å². The Morgan fingerprint density at radius 1 is 0.759 bits per heavy atom. The third-order valence-corrected chi connectivity index (χ3v) is 23.0. The second-order valence-electron chi connectivity index (χ2n) is 31.3. The molecular weight excluding hydrogens is 1410 g/mol. The van der Waals surface area contributed by atoms with Gasteiger partial charge in [0.2, 0.25) is 0 Å². The van der Waals surface area contributed by atoms with Crippen LogP contribution in [0.15, 0.2) is 41.1 Å². The number of carbonyl (C=O) groups excluding carboxylic acids is 6. The Hall–Kier alpha value is -6.91. The van der Waals surface area contributed by atoms with Crippen LogP contribution in [0.5, 0.6) is 23.0 Å². The Morgan fingerprint density at radius 3 is 2.00 bits per heavy atom. The molecule has 0 aliphatic carbocycles. The standard InChI is InChI=1S/C78H118N4O26/c1-24-50-77(17,96)67(91)43(10)58(85)37(4)33-75(15,98-22)69(106-73-61(88)48(82(19)20)32-38(5)101-73)44(11)65(45(12)72(94)104-50)105-51-34-76(16,99-23)70(46(13)102-51)107-74(95)80-30-29-79-55-56-63(90)53-52(62(55)89)54-66(42(9)60(53)87)108-78(18,68(54)92)100-31-28-49(97-21)39(6)64(103-47(14)83)41(8)59(86)40(7)57(84)35(2)26-25-27-36(3)71(93)81-56/h25-29,31,35,37-41,43-46,48-51,57,59,61,64-65,67,69-70,73,84,86-91,96H,24,30,32-34H2,1-23H3,(H,80,95)(H,81,93)/t35-,37+,38+,39+,40+,41+,43-,44-,45+,46-,48-,49-,50+,51-,57-,59+,61+,64+,65-,67+,69+,70-,73-,75+,76+,77+,78-/m0/s1. The molecule has 0 radical (unpaired) electrons. The van der Waals surface area contributed by atoms with E-state index in [-0.39, 0.29) is 47.8 Å². The first-order valence-corrected chi connectivity index (χ1v) is 37.1. The van der Waals surface area contributed by atoms with Crippen molar-refractivity contribution in [2.24, 2.45) is 52.3 Å². The minimum absolute atomic E-state index is 0.0189. The number of aliphatic hydroxyl groups excluding tert-OH is 4. The molecule has 8 rings (SSSR count). The maximum Gasteiger partial charge on any atom is 0.407 e. The number of Topliss-reactive ketones (excluding diaryl/α,β-unsaturated/α-hetero) is 2. The van der Waals surface area contributed by atoms with Gasteiger partial charge in [-0.05, 0) is 94.8 Å². The average Bonchev–Trinajstić information content (AvgIpc) is 1.51. The van der Waals surface area contributed by atoms with Crippen LogP contribution in [-0.4, -0.2) is 244 Å². The van der Waals surface area contributed by atoms with Crippen molar-refractivity contribution in [2.45, 2.75) is 265 Å². The van der Waals surface area contributed by atoms with Crippen molar-refractivity contribution < 1.29 is 126 Å². The summed E-state index contributed by atoms with van der Waals surface area (Å²) in [6, 6.07) is -0.410. The van der Waals surface area contributed by atoms with Gasteiger partial charge >= 0.3 is 23.8 Å². The number of cyclic esters (lactones) is 1. The largest absolute Gasteiger partial charge is 0.507 e. The number of phenolic OH excluding ortho intramolecular Hbond substituents is 3. The zero-order chi connectivity index (χ0) is 81.1.